The number of hydrogen-bond acceptors (Lipinski definition) is 2. The summed E-state index contributed by atoms with van der Waals surface area (Å²) >= 11 is 9.68. The summed E-state index contributed by atoms with van der Waals surface area (Å²) in [5.41, 5.74) is 7.89. The second-order valence-corrected chi connectivity index (χ2v) is 5.94. The molecule has 1 aliphatic rings. The van der Waals surface area contributed by atoms with Gasteiger partial charge in [-0.15, -0.1) is 0 Å². The third kappa shape index (κ3) is 1.93. The van der Waals surface area contributed by atoms with E-state index in [0.29, 0.717) is 11.1 Å². The van der Waals surface area contributed by atoms with Crippen LogP contribution in [0.15, 0.2) is 22.7 Å². The van der Waals surface area contributed by atoms with Crippen LogP contribution in [-0.2, 0) is 0 Å². The first-order chi connectivity index (χ1) is 8.58. The number of benzene rings is 1. The molecule has 94 valence electrons. The summed E-state index contributed by atoms with van der Waals surface area (Å²) in [5.74, 6) is 1.68. The van der Waals surface area contributed by atoms with Crippen molar-refractivity contribution in [2.75, 3.05) is 5.73 Å². The fourth-order valence-corrected chi connectivity index (χ4v) is 2.80. The van der Waals surface area contributed by atoms with Gasteiger partial charge in [-0.2, -0.15) is 0 Å². The van der Waals surface area contributed by atoms with Crippen molar-refractivity contribution in [3.05, 3.63) is 33.5 Å². The molecule has 1 aromatic carbocycles. The lowest BCUT2D eigenvalue weighted by Gasteiger charge is -2.06. The highest BCUT2D eigenvalue weighted by Gasteiger charge is 2.29. The Hall–Kier alpha value is -1.00. The largest absolute Gasteiger partial charge is 0.383 e. The smallest absolute Gasteiger partial charge is 0.132 e. The fraction of sp³-hybridized carbons (Fsp3) is 0.308. The summed E-state index contributed by atoms with van der Waals surface area (Å²) in [4.78, 5) is 4.58. The number of hydrogen-bond donors (Lipinski definition) is 1. The van der Waals surface area contributed by atoms with Crippen molar-refractivity contribution in [1.29, 1.82) is 0 Å². The Kier molecular flexibility index (Phi) is 2.87. The Morgan fingerprint density at radius 2 is 2.17 bits per heavy atom. The van der Waals surface area contributed by atoms with Crippen molar-refractivity contribution in [3.63, 3.8) is 0 Å². The Morgan fingerprint density at radius 3 is 2.83 bits per heavy atom. The van der Waals surface area contributed by atoms with Crippen LogP contribution in [-0.4, -0.2) is 9.55 Å². The van der Waals surface area contributed by atoms with Crippen LogP contribution in [0.4, 0.5) is 5.82 Å². The lowest BCUT2D eigenvalue weighted by Crippen LogP contribution is -2.02. The molecule has 0 bridgehead atoms. The van der Waals surface area contributed by atoms with E-state index in [1.165, 1.54) is 12.8 Å². The molecule has 0 amide bonds. The van der Waals surface area contributed by atoms with Crippen LogP contribution in [0.3, 0.4) is 0 Å². The SMILES string of the molecule is Cc1nc(-c2cc(Br)ccc2Cl)c(N)n1C1CC1. The van der Waals surface area contributed by atoms with Crippen LogP contribution in [0.2, 0.25) is 5.02 Å². The first-order valence-corrected chi connectivity index (χ1v) is 7.04. The molecule has 1 fully saturated rings. The van der Waals surface area contributed by atoms with Crippen LogP contribution in [0.5, 0.6) is 0 Å². The zero-order chi connectivity index (χ0) is 12.9. The van der Waals surface area contributed by atoms with E-state index in [4.69, 9.17) is 17.3 Å². The molecule has 0 saturated heterocycles. The zero-order valence-electron chi connectivity index (χ0n) is 9.95. The van der Waals surface area contributed by atoms with Crippen LogP contribution < -0.4 is 5.73 Å². The highest BCUT2D eigenvalue weighted by atomic mass is 79.9. The Labute approximate surface area is 119 Å². The monoisotopic (exact) mass is 325 g/mol. The summed E-state index contributed by atoms with van der Waals surface area (Å²) in [5, 5.41) is 0.672. The van der Waals surface area contributed by atoms with Gasteiger partial charge >= 0.3 is 0 Å². The first kappa shape index (κ1) is 12.1. The minimum atomic E-state index is 0.525. The summed E-state index contributed by atoms with van der Waals surface area (Å²) in [7, 11) is 0. The molecule has 1 aromatic heterocycles. The zero-order valence-corrected chi connectivity index (χ0v) is 12.3. The molecule has 5 heteroatoms. The lowest BCUT2D eigenvalue weighted by atomic mass is 10.1. The van der Waals surface area contributed by atoms with Crippen molar-refractivity contribution in [3.8, 4) is 11.3 Å². The fourth-order valence-electron chi connectivity index (χ4n) is 2.23. The van der Waals surface area contributed by atoms with E-state index in [-0.39, 0.29) is 0 Å². The maximum Gasteiger partial charge on any atom is 0.132 e. The highest BCUT2D eigenvalue weighted by molar-refractivity contribution is 9.10. The van der Waals surface area contributed by atoms with E-state index in [1.807, 2.05) is 25.1 Å². The number of nitrogen functional groups attached to an aromatic ring is 1. The average molecular weight is 327 g/mol. The Morgan fingerprint density at radius 1 is 1.44 bits per heavy atom. The Bertz CT molecular complexity index is 617. The quantitative estimate of drug-likeness (QED) is 0.899. The van der Waals surface area contributed by atoms with E-state index in [0.717, 1.165) is 27.4 Å². The normalized spacial score (nSPS) is 15.1. The van der Waals surface area contributed by atoms with E-state index >= 15 is 0 Å². The van der Waals surface area contributed by atoms with Gasteiger partial charge in [-0.05, 0) is 38.0 Å². The molecule has 3 rings (SSSR count). The first-order valence-electron chi connectivity index (χ1n) is 5.87. The summed E-state index contributed by atoms with van der Waals surface area (Å²) in [6, 6.07) is 6.24. The lowest BCUT2D eigenvalue weighted by molar-refractivity contribution is 0.720. The molecular formula is C13H13BrClN3. The highest BCUT2D eigenvalue weighted by Crippen LogP contribution is 2.42. The van der Waals surface area contributed by atoms with Crippen molar-refractivity contribution in [2.45, 2.75) is 25.8 Å². The molecule has 0 unspecified atom stereocenters. The molecule has 1 heterocycles. The van der Waals surface area contributed by atoms with Crippen molar-refractivity contribution in [2.24, 2.45) is 0 Å². The molecule has 0 radical (unpaired) electrons. The number of halogens is 2. The van der Waals surface area contributed by atoms with Gasteiger partial charge in [0, 0.05) is 16.1 Å². The predicted molar refractivity (Wildman–Crippen MR) is 77.8 cm³/mol. The van der Waals surface area contributed by atoms with Gasteiger partial charge in [-0.1, -0.05) is 27.5 Å². The molecule has 18 heavy (non-hydrogen) atoms. The molecule has 1 saturated carbocycles. The molecular weight excluding hydrogens is 314 g/mol. The van der Waals surface area contributed by atoms with Gasteiger partial charge in [-0.3, -0.25) is 0 Å². The van der Waals surface area contributed by atoms with Crippen molar-refractivity contribution < 1.29 is 0 Å². The number of aryl methyl sites for hydroxylation is 1. The molecule has 0 spiro atoms. The van der Waals surface area contributed by atoms with Gasteiger partial charge in [0.1, 0.15) is 17.3 Å². The number of imidazole rings is 1. The molecule has 1 aliphatic carbocycles. The number of anilines is 1. The Balaban J connectivity index is 2.17. The summed E-state index contributed by atoms with van der Waals surface area (Å²) in [6.07, 6.45) is 2.38. The van der Waals surface area contributed by atoms with Crippen LogP contribution in [0.25, 0.3) is 11.3 Å². The third-order valence-corrected chi connectivity index (χ3v) is 4.04. The molecule has 0 atom stereocenters. The molecule has 3 nitrogen and oxygen atoms in total. The second-order valence-electron chi connectivity index (χ2n) is 4.62. The minimum Gasteiger partial charge on any atom is -0.383 e. The minimum absolute atomic E-state index is 0.525. The number of rotatable bonds is 2. The second kappa shape index (κ2) is 4.28. The standard InChI is InChI=1S/C13H13BrClN3/c1-7-17-12(13(16)18(7)9-3-4-9)10-6-8(14)2-5-11(10)15/h2,5-6,9H,3-4,16H2,1H3. The maximum absolute atomic E-state index is 6.23. The van der Waals surface area contributed by atoms with Gasteiger partial charge in [0.25, 0.3) is 0 Å². The van der Waals surface area contributed by atoms with Crippen molar-refractivity contribution in [1.82, 2.24) is 9.55 Å². The summed E-state index contributed by atoms with van der Waals surface area (Å²) < 4.78 is 3.09. The van der Waals surface area contributed by atoms with Gasteiger partial charge in [0.2, 0.25) is 0 Å². The molecule has 0 aliphatic heterocycles. The predicted octanol–water partition coefficient (Wildman–Crippen LogP) is 4.19. The van der Waals surface area contributed by atoms with Gasteiger partial charge in [0.05, 0.1) is 5.02 Å². The van der Waals surface area contributed by atoms with E-state index in [9.17, 15) is 0 Å². The van der Waals surface area contributed by atoms with Gasteiger partial charge in [-0.25, -0.2) is 4.98 Å². The van der Waals surface area contributed by atoms with E-state index in [2.05, 4.69) is 25.5 Å². The van der Waals surface area contributed by atoms with Crippen molar-refractivity contribution >= 4 is 33.3 Å². The number of nitrogens with zero attached hydrogens (tertiary/aromatic N) is 2. The molecule has 2 N–H and O–H groups in total. The van der Waals surface area contributed by atoms with Crippen LogP contribution in [0.1, 0.15) is 24.7 Å². The third-order valence-electron chi connectivity index (χ3n) is 3.22. The van der Waals surface area contributed by atoms with E-state index in [1.54, 1.807) is 0 Å². The average Bonchev–Trinajstić information content (AvgIpc) is 3.10. The number of nitrogens with two attached hydrogens (primary N) is 1. The summed E-state index contributed by atoms with van der Waals surface area (Å²) in [6.45, 7) is 1.99. The van der Waals surface area contributed by atoms with Crippen LogP contribution >= 0.6 is 27.5 Å². The topological polar surface area (TPSA) is 43.8 Å². The van der Waals surface area contributed by atoms with Crippen LogP contribution in [0, 0.1) is 6.92 Å². The van der Waals surface area contributed by atoms with Gasteiger partial charge in [0.15, 0.2) is 0 Å². The van der Waals surface area contributed by atoms with E-state index < -0.39 is 0 Å². The maximum atomic E-state index is 6.23. The van der Waals surface area contributed by atoms with Gasteiger partial charge < -0.3 is 10.3 Å². The number of aromatic nitrogens is 2. The molecule has 2 aromatic rings.